The molecule has 0 radical (unpaired) electrons. The summed E-state index contributed by atoms with van der Waals surface area (Å²) in [6.07, 6.45) is 2.12. The number of hydrogen-bond donors (Lipinski definition) is 1. The fraction of sp³-hybridized carbons (Fsp3) is 0.643. The summed E-state index contributed by atoms with van der Waals surface area (Å²) in [5, 5.41) is 9.95. The van der Waals surface area contributed by atoms with Gasteiger partial charge in [0.1, 0.15) is 0 Å². The maximum Gasteiger partial charge on any atom is 0.289 e. The Bertz CT molecular complexity index is 479. The number of carbonyl (C=O) groups excluding carboxylic acids is 1. The Morgan fingerprint density at radius 1 is 1.35 bits per heavy atom. The number of furan rings is 1. The third kappa shape index (κ3) is 3.24. The van der Waals surface area contributed by atoms with Gasteiger partial charge in [-0.3, -0.25) is 9.69 Å². The van der Waals surface area contributed by atoms with Crippen LogP contribution in [0.2, 0.25) is 0 Å². The van der Waals surface area contributed by atoms with Gasteiger partial charge in [-0.1, -0.05) is 0 Å². The molecule has 2 aliphatic rings. The van der Waals surface area contributed by atoms with Gasteiger partial charge < -0.3 is 14.4 Å². The third-order valence-electron chi connectivity index (χ3n) is 4.05. The van der Waals surface area contributed by atoms with Crippen LogP contribution < -0.4 is 0 Å². The van der Waals surface area contributed by atoms with Crippen molar-refractivity contribution >= 4 is 21.8 Å². The first-order valence-electron chi connectivity index (χ1n) is 7.08. The summed E-state index contributed by atoms with van der Waals surface area (Å²) in [6.45, 7) is 3.75. The molecule has 110 valence electrons. The monoisotopic (exact) mass is 342 g/mol. The van der Waals surface area contributed by atoms with Crippen molar-refractivity contribution in [3.05, 3.63) is 22.6 Å². The predicted molar refractivity (Wildman–Crippen MR) is 77.5 cm³/mol. The molecule has 1 unspecified atom stereocenters. The first-order valence-corrected chi connectivity index (χ1v) is 7.88. The van der Waals surface area contributed by atoms with E-state index in [1.165, 1.54) is 0 Å². The number of rotatable bonds is 4. The Balaban J connectivity index is 1.49. The molecule has 0 aromatic carbocycles. The van der Waals surface area contributed by atoms with E-state index in [9.17, 15) is 9.90 Å². The first kappa shape index (κ1) is 14.1. The molecule has 1 aliphatic heterocycles. The summed E-state index contributed by atoms with van der Waals surface area (Å²) in [7, 11) is 0. The van der Waals surface area contributed by atoms with Crippen molar-refractivity contribution in [2.45, 2.75) is 18.9 Å². The number of carbonyl (C=O) groups is 1. The molecule has 0 bridgehead atoms. The Labute approximate surface area is 126 Å². The summed E-state index contributed by atoms with van der Waals surface area (Å²) in [5.74, 6) is 0.830. The van der Waals surface area contributed by atoms with Gasteiger partial charge in [-0.05, 0) is 46.8 Å². The van der Waals surface area contributed by atoms with E-state index in [0.29, 0.717) is 29.4 Å². The van der Waals surface area contributed by atoms with Crippen molar-refractivity contribution in [2.75, 3.05) is 32.7 Å². The number of nitrogens with zero attached hydrogens (tertiary/aromatic N) is 2. The van der Waals surface area contributed by atoms with Crippen molar-refractivity contribution in [1.29, 1.82) is 0 Å². The molecule has 6 heteroatoms. The Morgan fingerprint density at radius 3 is 2.60 bits per heavy atom. The summed E-state index contributed by atoms with van der Waals surface area (Å²) in [5.41, 5.74) is 0. The second kappa shape index (κ2) is 5.87. The van der Waals surface area contributed by atoms with Crippen LogP contribution in [0, 0.1) is 5.92 Å². The van der Waals surface area contributed by atoms with Crippen molar-refractivity contribution in [3.63, 3.8) is 0 Å². The minimum Gasteiger partial charge on any atom is -0.444 e. The van der Waals surface area contributed by atoms with E-state index >= 15 is 0 Å². The zero-order valence-electron chi connectivity index (χ0n) is 11.3. The molecule has 1 saturated carbocycles. The lowest BCUT2D eigenvalue weighted by Gasteiger charge is -2.35. The highest BCUT2D eigenvalue weighted by atomic mass is 79.9. The highest BCUT2D eigenvalue weighted by Crippen LogP contribution is 2.32. The van der Waals surface area contributed by atoms with Crippen LogP contribution >= 0.6 is 15.9 Å². The van der Waals surface area contributed by atoms with Gasteiger partial charge >= 0.3 is 0 Å². The predicted octanol–water partition coefficient (Wildman–Crippen LogP) is 1.57. The number of halogens is 1. The van der Waals surface area contributed by atoms with Gasteiger partial charge in [-0.25, -0.2) is 0 Å². The normalized spacial score (nSPS) is 22.0. The molecule has 20 heavy (non-hydrogen) atoms. The maximum absolute atomic E-state index is 12.2. The standard InChI is InChI=1S/C14H19BrN2O3/c15-13-4-3-12(20-13)14(19)17-7-5-16(6-8-17)9-11(18)10-1-2-10/h3-4,10-11,18H,1-2,5-9H2. The Hall–Kier alpha value is -0.850. The van der Waals surface area contributed by atoms with E-state index < -0.39 is 0 Å². The van der Waals surface area contributed by atoms with Crippen LogP contribution in [-0.4, -0.2) is 59.6 Å². The van der Waals surface area contributed by atoms with Crippen LogP contribution in [-0.2, 0) is 0 Å². The topological polar surface area (TPSA) is 56.9 Å². The van der Waals surface area contributed by atoms with Gasteiger partial charge in [-0.15, -0.1) is 0 Å². The van der Waals surface area contributed by atoms with E-state index in [4.69, 9.17) is 4.42 Å². The molecule has 0 spiro atoms. The Kier molecular flexibility index (Phi) is 4.14. The molecule has 1 aliphatic carbocycles. The van der Waals surface area contributed by atoms with Crippen molar-refractivity contribution in [2.24, 2.45) is 5.92 Å². The molecular formula is C14H19BrN2O3. The van der Waals surface area contributed by atoms with Gasteiger partial charge in [0.15, 0.2) is 10.4 Å². The van der Waals surface area contributed by atoms with E-state index in [1.54, 1.807) is 12.1 Å². The number of aliphatic hydroxyl groups excluding tert-OH is 1. The second-order valence-electron chi connectivity index (χ2n) is 5.60. The summed E-state index contributed by atoms with van der Waals surface area (Å²) < 4.78 is 5.88. The average Bonchev–Trinajstić information content (AvgIpc) is 3.21. The highest BCUT2D eigenvalue weighted by Gasteiger charge is 2.32. The van der Waals surface area contributed by atoms with Gasteiger partial charge in [0.05, 0.1) is 6.10 Å². The number of piperazine rings is 1. The number of hydrogen-bond acceptors (Lipinski definition) is 4. The fourth-order valence-corrected chi connectivity index (χ4v) is 2.92. The molecule has 5 nitrogen and oxygen atoms in total. The summed E-state index contributed by atoms with van der Waals surface area (Å²) >= 11 is 3.21. The lowest BCUT2D eigenvalue weighted by atomic mass is 10.2. The average molecular weight is 343 g/mol. The van der Waals surface area contributed by atoms with Crippen molar-refractivity contribution in [3.8, 4) is 0 Å². The van der Waals surface area contributed by atoms with Crippen molar-refractivity contribution < 1.29 is 14.3 Å². The lowest BCUT2D eigenvalue weighted by Crippen LogP contribution is -2.50. The lowest BCUT2D eigenvalue weighted by molar-refractivity contribution is 0.0467. The zero-order chi connectivity index (χ0) is 14.1. The number of aliphatic hydroxyl groups is 1. The molecular weight excluding hydrogens is 324 g/mol. The van der Waals surface area contributed by atoms with Crippen LogP contribution in [0.4, 0.5) is 0 Å². The fourth-order valence-electron chi connectivity index (χ4n) is 2.61. The van der Waals surface area contributed by atoms with Crippen LogP contribution in [0.25, 0.3) is 0 Å². The van der Waals surface area contributed by atoms with Crippen LogP contribution in [0.5, 0.6) is 0 Å². The number of amides is 1. The van der Waals surface area contributed by atoms with Gasteiger partial charge in [0.25, 0.3) is 5.91 Å². The Morgan fingerprint density at radius 2 is 2.05 bits per heavy atom. The first-order chi connectivity index (χ1) is 9.63. The van der Waals surface area contributed by atoms with Crippen LogP contribution in [0.3, 0.4) is 0 Å². The van der Waals surface area contributed by atoms with E-state index in [2.05, 4.69) is 20.8 Å². The van der Waals surface area contributed by atoms with Crippen molar-refractivity contribution in [1.82, 2.24) is 9.80 Å². The smallest absolute Gasteiger partial charge is 0.289 e. The largest absolute Gasteiger partial charge is 0.444 e. The van der Waals surface area contributed by atoms with E-state index in [0.717, 1.165) is 32.5 Å². The highest BCUT2D eigenvalue weighted by molar-refractivity contribution is 9.10. The van der Waals surface area contributed by atoms with E-state index in [-0.39, 0.29) is 12.0 Å². The molecule has 1 aromatic heterocycles. The molecule has 2 heterocycles. The summed E-state index contributed by atoms with van der Waals surface area (Å²) in [6, 6.07) is 3.42. The van der Waals surface area contributed by atoms with E-state index in [1.807, 2.05) is 4.90 Å². The van der Waals surface area contributed by atoms with Gasteiger partial charge in [-0.2, -0.15) is 0 Å². The minimum atomic E-state index is -0.196. The molecule has 3 rings (SSSR count). The molecule has 1 amide bonds. The molecule has 1 atom stereocenters. The van der Waals surface area contributed by atoms with Crippen LogP contribution in [0.1, 0.15) is 23.4 Å². The van der Waals surface area contributed by atoms with Gasteiger partial charge in [0.2, 0.25) is 0 Å². The van der Waals surface area contributed by atoms with Crippen LogP contribution in [0.15, 0.2) is 21.2 Å². The zero-order valence-corrected chi connectivity index (χ0v) is 12.9. The number of β-amino-alcohol motifs (C(OH)–C–C–N with tert-alkyl or cyclic N) is 1. The third-order valence-corrected chi connectivity index (χ3v) is 4.48. The second-order valence-corrected chi connectivity index (χ2v) is 6.38. The molecule has 1 aromatic rings. The molecule has 1 saturated heterocycles. The SMILES string of the molecule is O=C(c1ccc(Br)o1)N1CCN(CC(O)C2CC2)CC1. The molecule has 1 N–H and O–H groups in total. The minimum absolute atomic E-state index is 0.0573. The molecule has 2 fully saturated rings. The quantitative estimate of drug-likeness (QED) is 0.902. The maximum atomic E-state index is 12.2. The summed E-state index contributed by atoms with van der Waals surface area (Å²) in [4.78, 5) is 16.3. The van der Waals surface area contributed by atoms with Gasteiger partial charge in [0, 0.05) is 32.7 Å².